The molecule has 0 spiro atoms. The van der Waals surface area contributed by atoms with Crippen molar-refractivity contribution in [3.63, 3.8) is 0 Å². The smallest absolute Gasteiger partial charge is 0.255 e. The van der Waals surface area contributed by atoms with Crippen molar-refractivity contribution in [3.8, 4) is 0 Å². The van der Waals surface area contributed by atoms with E-state index in [9.17, 15) is 4.79 Å². The number of rotatable bonds is 2. The third kappa shape index (κ3) is 3.49. The van der Waals surface area contributed by atoms with E-state index in [1.165, 1.54) is 0 Å². The summed E-state index contributed by atoms with van der Waals surface area (Å²) in [6.45, 7) is 1.89. The van der Waals surface area contributed by atoms with Gasteiger partial charge in [0.2, 0.25) is 0 Å². The Morgan fingerprint density at radius 2 is 2.00 bits per heavy atom. The third-order valence-corrected chi connectivity index (χ3v) is 3.33. The van der Waals surface area contributed by atoms with Crippen LogP contribution in [0.1, 0.15) is 15.9 Å². The second-order valence-corrected chi connectivity index (χ2v) is 5.54. The summed E-state index contributed by atoms with van der Waals surface area (Å²) in [6, 6.07) is 10.4. The third-order valence-electron chi connectivity index (χ3n) is 2.65. The summed E-state index contributed by atoms with van der Waals surface area (Å²) >= 11 is 9.22. The number of anilines is 2. The van der Waals surface area contributed by atoms with Gasteiger partial charge < -0.3 is 11.1 Å². The Labute approximate surface area is 124 Å². The van der Waals surface area contributed by atoms with E-state index in [1.54, 1.807) is 30.3 Å². The molecule has 98 valence electrons. The Bertz CT molecular complexity index is 623. The predicted octanol–water partition coefficient (Wildman–Crippen LogP) is 4.25. The molecule has 0 aliphatic rings. The molecule has 0 saturated carbocycles. The monoisotopic (exact) mass is 338 g/mol. The van der Waals surface area contributed by atoms with Gasteiger partial charge >= 0.3 is 0 Å². The van der Waals surface area contributed by atoms with Crippen LogP contribution in [0.25, 0.3) is 0 Å². The lowest BCUT2D eigenvalue weighted by Crippen LogP contribution is -2.12. The van der Waals surface area contributed by atoms with E-state index in [0.717, 1.165) is 10.0 Å². The van der Waals surface area contributed by atoms with Gasteiger partial charge in [0.1, 0.15) is 0 Å². The molecule has 0 radical (unpaired) electrons. The molecule has 0 fully saturated rings. The molecular formula is C14H12BrClN2O. The molecular weight excluding hydrogens is 328 g/mol. The van der Waals surface area contributed by atoms with Crippen molar-refractivity contribution in [1.82, 2.24) is 0 Å². The molecule has 0 aromatic heterocycles. The van der Waals surface area contributed by atoms with Crippen molar-refractivity contribution in [2.24, 2.45) is 0 Å². The second-order valence-electron chi connectivity index (χ2n) is 4.18. The summed E-state index contributed by atoms with van der Waals surface area (Å²) in [5.41, 5.74) is 8.55. The molecule has 0 bridgehead atoms. The zero-order chi connectivity index (χ0) is 14.0. The Balaban J connectivity index is 2.22. The summed E-state index contributed by atoms with van der Waals surface area (Å²) in [6.07, 6.45) is 0. The number of nitrogens with two attached hydrogens (primary N) is 1. The van der Waals surface area contributed by atoms with Crippen molar-refractivity contribution in [2.45, 2.75) is 6.92 Å². The van der Waals surface area contributed by atoms with Crippen LogP contribution in [0.15, 0.2) is 40.9 Å². The van der Waals surface area contributed by atoms with Gasteiger partial charge in [-0.1, -0.05) is 27.5 Å². The summed E-state index contributed by atoms with van der Waals surface area (Å²) in [5, 5.41) is 3.31. The number of hydrogen-bond acceptors (Lipinski definition) is 2. The zero-order valence-electron chi connectivity index (χ0n) is 10.2. The Morgan fingerprint density at radius 1 is 1.26 bits per heavy atom. The molecule has 0 saturated heterocycles. The standard InChI is InChI=1S/C14H12BrClN2O/c1-8-4-12(2-3-13(8)17)18-14(19)9-5-10(15)7-11(16)6-9/h2-7H,17H2,1H3,(H,18,19). The SMILES string of the molecule is Cc1cc(NC(=O)c2cc(Cl)cc(Br)c2)ccc1N. The van der Waals surface area contributed by atoms with Gasteiger partial charge in [-0.05, 0) is 48.9 Å². The minimum absolute atomic E-state index is 0.215. The van der Waals surface area contributed by atoms with Crippen molar-refractivity contribution >= 4 is 44.8 Å². The molecule has 0 aliphatic carbocycles. The van der Waals surface area contributed by atoms with Gasteiger partial charge in [0.15, 0.2) is 0 Å². The fraction of sp³-hybridized carbons (Fsp3) is 0.0714. The first-order valence-corrected chi connectivity index (χ1v) is 6.76. The van der Waals surface area contributed by atoms with Gasteiger partial charge in [-0.15, -0.1) is 0 Å². The van der Waals surface area contributed by atoms with E-state index in [4.69, 9.17) is 17.3 Å². The highest BCUT2D eigenvalue weighted by molar-refractivity contribution is 9.10. The summed E-state index contributed by atoms with van der Waals surface area (Å²) in [4.78, 5) is 12.1. The van der Waals surface area contributed by atoms with E-state index in [0.29, 0.717) is 22.0 Å². The first-order chi connectivity index (χ1) is 8.95. The first kappa shape index (κ1) is 13.9. The van der Waals surface area contributed by atoms with E-state index >= 15 is 0 Å². The van der Waals surface area contributed by atoms with Crippen LogP contribution in [0.4, 0.5) is 11.4 Å². The number of nitrogen functional groups attached to an aromatic ring is 1. The minimum Gasteiger partial charge on any atom is -0.399 e. The molecule has 2 aromatic carbocycles. The normalized spacial score (nSPS) is 10.3. The number of carbonyl (C=O) groups is 1. The van der Waals surface area contributed by atoms with Crippen LogP contribution in [-0.2, 0) is 0 Å². The van der Waals surface area contributed by atoms with Crippen molar-refractivity contribution in [3.05, 3.63) is 57.0 Å². The summed E-state index contributed by atoms with van der Waals surface area (Å²) < 4.78 is 0.763. The number of halogens is 2. The summed E-state index contributed by atoms with van der Waals surface area (Å²) in [5.74, 6) is -0.215. The van der Waals surface area contributed by atoms with Crippen molar-refractivity contribution < 1.29 is 4.79 Å². The van der Waals surface area contributed by atoms with Crippen LogP contribution in [0.2, 0.25) is 5.02 Å². The Kier molecular flexibility index (Phi) is 4.12. The number of hydrogen-bond donors (Lipinski definition) is 2. The Hall–Kier alpha value is -1.52. The molecule has 2 aromatic rings. The predicted molar refractivity (Wildman–Crippen MR) is 82.7 cm³/mol. The van der Waals surface area contributed by atoms with Crippen molar-refractivity contribution in [2.75, 3.05) is 11.1 Å². The molecule has 0 unspecified atom stereocenters. The van der Waals surface area contributed by atoms with Crippen molar-refractivity contribution in [1.29, 1.82) is 0 Å². The highest BCUT2D eigenvalue weighted by atomic mass is 79.9. The van der Waals surface area contributed by atoms with Crippen LogP contribution in [0.3, 0.4) is 0 Å². The lowest BCUT2D eigenvalue weighted by Gasteiger charge is -2.08. The number of amides is 1. The highest BCUT2D eigenvalue weighted by Gasteiger charge is 2.08. The van der Waals surface area contributed by atoms with Gasteiger partial charge in [-0.3, -0.25) is 4.79 Å². The number of aryl methyl sites for hydroxylation is 1. The zero-order valence-corrected chi connectivity index (χ0v) is 12.5. The van der Waals surface area contributed by atoms with Crippen LogP contribution in [0, 0.1) is 6.92 Å². The first-order valence-electron chi connectivity index (χ1n) is 5.59. The molecule has 3 nitrogen and oxygen atoms in total. The molecule has 2 rings (SSSR count). The minimum atomic E-state index is -0.215. The average Bonchev–Trinajstić information content (AvgIpc) is 2.32. The molecule has 19 heavy (non-hydrogen) atoms. The number of benzene rings is 2. The van der Waals surface area contributed by atoms with E-state index in [1.807, 2.05) is 13.0 Å². The second kappa shape index (κ2) is 5.63. The molecule has 0 heterocycles. The van der Waals surface area contributed by atoms with E-state index in [2.05, 4.69) is 21.2 Å². The van der Waals surface area contributed by atoms with Gasteiger partial charge in [0, 0.05) is 26.4 Å². The van der Waals surface area contributed by atoms with Gasteiger partial charge in [0.25, 0.3) is 5.91 Å². The largest absolute Gasteiger partial charge is 0.399 e. The van der Waals surface area contributed by atoms with E-state index < -0.39 is 0 Å². The molecule has 0 aliphatic heterocycles. The van der Waals surface area contributed by atoms with E-state index in [-0.39, 0.29) is 5.91 Å². The van der Waals surface area contributed by atoms with Gasteiger partial charge in [0.05, 0.1) is 0 Å². The lowest BCUT2D eigenvalue weighted by atomic mass is 10.1. The Morgan fingerprint density at radius 3 is 2.63 bits per heavy atom. The van der Waals surface area contributed by atoms with Crippen LogP contribution in [-0.4, -0.2) is 5.91 Å². The average molecular weight is 340 g/mol. The van der Waals surface area contributed by atoms with Gasteiger partial charge in [-0.2, -0.15) is 0 Å². The topological polar surface area (TPSA) is 55.1 Å². The maximum Gasteiger partial charge on any atom is 0.255 e. The summed E-state index contributed by atoms with van der Waals surface area (Å²) in [7, 11) is 0. The maximum absolute atomic E-state index is 12.1. The van der Waals surface area contributed by atoms with Crippen LogP contribution < -0.4 is 11.1 Å². The number of nitrogens with one attached hydrogen (secondary N) is 1. The quantitative estimate of drug-likeness (QED) is 0.804. The van der Waals surface area contributed by atoms with Crippen LogP contribution >= 0.6 is 27.5 Å². The molecule has 1 amide bonds. The molecule has 5 heteroatoms. The molecule has 0 atom stereocenters. The fourth-order valence-electron chi connectivity index (χ4n) is 1.64. The fourth-order valence-corrected chi connectivity index (χ4v) is 2.50. The highest BCUT2D eigenvalue weighted by Crippen LogP contribution is 2.21. The van der Waals surface area contributed by atoms with Crippen LogP contribution in [0.5, 0.6) is 0 Å². The molecule has 3 N–H and O–H groups in total. The lowest BCUT2D eigenvalue weighted by molar-refractivity contribution is 0.102. The maximum atomic E-state index is 12.1. The number of carbonyl (C=O) groups excluding carboxylic acids is 1. The van der Waals surface area contributed by atoms with Gasteiger partial charge in [-0.25, -0.2) is 0 Å².